The molecule has 0 bridgehead atoms. The minimum atomic E-state index is -5.03. The standard InChI is InChI=1S/C104H154N5O20P/c1-10-13-16-19-22-25-28-31-34-37-40-43-46-52-68-120-91-72-83(73-92(121-69-53-47-44-41-38-35-32-29-26-23-20-17-14-11-2)98(91)122-70-54-48-45-42-39-36-33-30-27-24-21-18-15-12-3)101(114)109-100(113)81(5)77-108(103(109)116)96-74-89(128-97(111)66-57-82(6)110)94(127-96)79-125-130(117,124-71-67-105-7)129-90-75-95(107-76-80(4)99(112)106-102(107)115)126-93(90)78-123-104(84-55-50-49-51-56-84,85-58-62-87(118-8)63-59-85)86-60-64-88(119-9)65-61-86/h49-51,55-56,58-65,72-73,76-77,89-90,93-96H,10-48,52-54,57,66-71,74-75,78-79H2,1-6,8-9H3,(H,106,112,115)/t89?,90?,93-,94-,95-,96-,130?/m1/s1. The number of rotatable bonds is 71. The summed E-state index contributed by atoms with van der Waals surface area (Å²) in [7, 11) is -1.91. The van der Waals surface area contributed by atoms with E-state index in [4.69, 9.17) is 62.8 Å². The molecule has 130 heavy (non-hydrogen) atoms. The normalized spacial score (nSPS) is 16.6. The van der Waals surface area contributed by atoms with Crippen molar-refractivity contribution < 1.29 is 75.2 Å². The van der Waals surface area contributed by atoms with Crippen molar-refractivity contribution in [1.82, 2.24) is 18.7 Å². The van der Waals surface area contributed by atoms with Crippen LogP contribution in [0.2, 0.25) is 0 Å². The number of benzene rings is 4. The van der Waals surface area contributed by atoms with E-state index in [0.717, 1.165) is 81.6 Å². The number of methoxy groups -OCH3 is 2. The van der Waals surface area contributed by atoms with Gasteiger partial charge in [0.2, 0.25) is 12.3 Å². The van der Waals surface area contributed by atoms with Crippen LogP contribution in [-0.2, 0) is 52.3 Å². The Morgan fingerprint density at radius 3 is 1.34 bits per heavy atom. The highest BCUT2D eigenvalue weighted by Gasteiger charge is 2.48. The van der Waals surface area contributed by atoms with Crippen molar-refractivity contribution in [2.45, 2.75) is 379 Å². The zero-order valence-electron chi connectivity index (χ0n) is 79.7. The van der Waals surface area contributed by atoms with E-state index in [0.29, 0.717) is 58.3 Å². The number of esters is 1. The summed E-state index contributed by atoms with van der Waals surface area (Å²) in [6, 6.07) is 27.2. The summed E-state index contributed by atoms with van der Waals surface area (Å²) < 4.78 is 95.6. The number of hydrogen-bond donors (Lipinski definition) is 1. The molecule has 8 rings (SSSR count). The van der Waals surface area contributed by atoms with Crippen LogP contribution in [0.1, 0.15) is 374 Å². The Labute approximate surface area is 773 Å². The molecule has 0 amide bonds. The molecule has 0 saturated carbocycles. The summed E-state index contributed by atoms with van der Waals surface area (Å²) in [6.07, 6.45) is 43.8. The van der Waals surface area contributed by atoms with Crippen LogP contribution in [0.5, 0.6) is 28.7 Å². The third-order valence-corrected chi connectivity index (χ3v) is 26.3. The fraction of sp³-hybridized carbons (Fsp3) is 0.654. The lowest BCUT2D eigenvalue weighted by molar-refractivity contribution is -0.153. The largest absolute Gasteiger partial charge is 0.497 e. The smallest absolute Gasteiger partial charge is 0.475 e. The highest BCUT2D eigenvalue weighted by molar-refractivity contribution is 7.48. The maximum absolute atomic E-state index is 15.8. The SMILES string of the molecule is [C-]#[N+]CCOP(=O)(OC[C@H]1O[C@@H](n2cc(C)c(=O)n(C(=O)c3cc(OCCCCCCCCCCCCCCCC)c(OCCCCCCCCCCCCCCCC)c(OCCCCCCCCCCCCCCCC)c3)c2=O)CC1OC(=O)CCC(C)=O)OC1C[C@H](n2cc(C)c(=O)[nH]c2=O)O[C@@H]1COC(c1ccccc1)(c1ccc(OC)cc1)c1ccc(OC)cc1. The van der Waals surface area contributed by atoms with Gasteiger partial charge in [0.1, 0.15) is 66.4 Å². The molecule has 2 aliphatic rings. The highest BCUT2D eigenvalue weighted by Crippen LogP contribution is 2.55. The molecule has 2 saturated heterocycles. The Bertz CT molecular complexity index is 4500. The van der Waals surface area contributed by atoms with Gasteiger partial charge in [0.15, 0.2) is 11.5 Å². The van der Waals surface area contributed by atoms with Gasteiger partial charge in [-0.1, -0.05) is 326 Å². The van der Waals surface area contributed by atoms with Crippen LogP contribution in [-0.4, -0.2) is 121 Å². The monoisotopic (exact) mass is 1820 g/mol. The van der Waals surface area contributed by atoms with Crippen molar-refractivity contribution in [2.24, 2.45) is 0 Å². The number of nitrogens with one attached hydrogen (secondary N) is 1. The Morgan fingerprint density at radius 2 is 0.900 bits per heavy atom. The van der Waals surface area contributed by atoms with Gasteiger partial charge in [-0.2, -0.15) is 4.57 Å². The fourth-order valence-corrected chi connectivity index (χ4v) is 18.6. The number of phosphoric acid groups is 1. The lowest BCUT2D eigenvalue weighted by atomic mass is 9.80. The van der Waals surface area contributed by atoms with Gasteiger partial charge in [-0.3, -0.25) is 46.9 Å². The van der Waals surface area contributed by atoms with Crippen molar-refractivity contribution in [3.63, 3.8) is 0 Å². The molecule has 4 aromatic carbocycles. The molecular weight excluding hydrogens is 1670 g/mol. The van der Waals surface area contributed by atoms with E-state index in [1.165, 1.54) is 242 Å². The lowest BCUT2D eigenvalue weighted by Crippen LogP contribution is -2.45. The summed E-state index contributed by atoms with van der Waals surface area (Å²) in [6.45, 7) is 17.9. The molecule has 2 aromatic heterocycles. The molecule has 720 valence electrons. The number of carbonyl (C=O) groups is 3. The number of ketones is 1. The summed E-state index contributed by atoms with van der Waals surface area (Å²) in [5.74, 6) is -0.0810. The van der Waals surface area contributed by atoms with Crippen LogP contribution < -0.4 is 46.2 Å². The number of unbranched alkanes of at least 4 members (excludes halogenated alkanes) is 39. The van der Waals surface area contributed by atoms with E-state index in [1.54, 1.807) is 38.5 Å². The summed E-state index contributed by atoms with van der Waals surface area (Å²) in [5, 5.41) is 0. The quantitative estimate of drug-likeness (QED) is 0.0122. The lowest BCUT2D eigenvalue weighted by Gasteiger charge is -2.37. The van der Waals surface area contributed by atoms with E-state index >= 15 is 14.2 Å². The Kier molecular flexibility index (Phi) is 49.8. The van der Waals surface area contributed by atoms with E-state index < -0.39 is 97.9 Å². The van der Waals surface area contributed by atoms with Gasteiger partial charge < -0.3 is 52.3 Å². The molecule has 0 aliphatic carbocycles. The second-order valence-corrected chi connectivity index (χ2v) is 37.1. The van der Waals surface area contributed by atoms with Gasteiger partial charge in [0, 0.05) is 48.3 Å². The number of carbonyl (C=O) groups excluding carboxylic acids is 3. The van der Waals surface area contributed by atoms with Gasteiger partial charge >= 0.3 is 25.2 Å². The Hall–Kier alpha value is -8.47. The third kappa shape index (κ3) is 35.8. The fourth-order valence-electron chi connectivity index (χ4n) is 17.2. The van der Waals surface area contributed by atoms with Crippen LogP contribution in [0.15, 0.2) is 123 Å². The zero-order valence-corrected chi connectivity index (χ0v) is 80.6. The van der Waals surface area contributed by atoms with Crippen molar-refractivity contribution in [1.29, 1.82) is 0 Å². The molecule has 25 nitrogen and oxygen atoms in total. The first-order chi connectivity index (χ1) is 63.3. The predicted molar refractivity (Wildman–Crippen MR) is 510 cm³/mol. The van der Waals surface area contributed by atoms with Crippen molar-refractivity contribution in [2.75, 3.05) is 60.4 Å². The average Bonchev–Trinajstić information content (AvgIpc) is 0.989. The maximum atomic E-state index is 15.8. The molecule has 2 fully saturated rings. The van der Waals surface area contributed by atoms with Crippen LogP contribution in [0.3, 0.4) is 0 Å². The first-order valence-corrected chi connectivity index (χ1v) is 50.9. The number of H-pyrrole nitrogens is 1. The Balaban J connectivity index is 1.08. The molecule has 0 spiro atoms. The number of aromatic nitrogens is 4. The molecule has 2 aliphatic heterocycles. The minimum absolute atomic E-state index is 0.0297. The van der Waals surface area contributed by atoms with Gasteiger partial charge in [0.25, 0.3) is 17.0 Å². The molecule has 26 heteroatoms. The number of hydrogen-bond acceptors (Lipinski definition) is 20. The van der Waals surface area contributed by atoms with Crippen molar-refractivity contribution in [3.8, 4) is 28.7 Å². The van der Waals surface area contributed by atoms with Crippen LogP contribution in [0.4, 0.5) is 0 Å². The number of nitrogens with zero attached hydrogens (tertiary/aromatic N) is 4. The maximum Gasteiger partial charge on any atom is 0.475 e. The van der Waals surface area contributed by atoms with Gasteiger partial charge in [-0.15, -0.1) is 0 Å². The van der Waals surface area contributed by atoms with E-state index in [9.17, 15) is 24.0 Å². The first-order valence-electron chi connectivity index (χ1n) is 49.5. The number of aryl methyl sites for hydroxylation is 2. The van der Waals surface area contributed by atoms with Gasteiger partial charge in [-0.05, 0) is 93.1 Å². The second kappa shape index (κ2) is 60.6. The topological polar surface area (TPSA) is 282 Å². The second-order valence-electron chi connectivity index (χ2n) is 35.4. The van der Waals surface area contributed by atoms with Gasteiger partial charge in [-0.25, -0.2) is 20.7 Å². The zero-order chi connectivity index (χ0) is 93.0. The van der Waals surface area contributed by atoms with E-state index in [2.05, 4.69) is 30.6 Å². The van der Waals surface area contributed by atoms with Crippen LogP contribution in [0.25, 0.3) is 4.85 Å². The van der Waals surface area contributed by atoms with Crippen molar-refractivity contribution >= 4 is 25.5 Å². The van der Waals surface area contributed by atoms with Crippen molar-refractivity contribution in [3.05, 3.63) is 190 Å². The predicted octanol–water partition coefficient (Wildman–Crippen LogP) is 23.8. The van der Waals surface area contributed by atoms with Crippen LogP contribution >= 0.6 is 7.82 Å². The minimum Gasteiger partial charge on any atom is -0.497 e. The molecule has 4 heterocycles. The van der Waals surface area contributed by atoms with Gasteiger partial charge in [0.05, 0.1) is 53.7 Å². The summed E-state index contributed by atoms with van der Waals surface area (Å²) in [5.41, 5.74) is -2.80. The average molecular weight is 1830 g/mol. The number of ether oxygens (including phenoxy) is 9. The molecule has 0 radical (unpaired) electrons. The number of aromatic amines is 1. The van der Waals surface area contributed by atoms with E-state index in [1.807, 2.05) is 54.6 Å². The number of Topliss-reactive ketones (excluding diaryl/α,β-unsaturated/α-hetero) is 1. The first kappa shape index (κ1) is 107. The van der Waals surface area contributed by atoms with E-state index in [-0.39, 0.29) is 72.8 Å². The number of phosphoric ester groups is 1. The molecule has 3 unspecified atom stereocenters. The Morgan fingerprint density at radius 1 is 0.492 bits per heavy atom. The molecular formula is C104H154N5O20P. The molecule has 6 aromatic rings. The third-order valence-electron chi connectivity index (χ3n) is 24.9. The highest BCUT2D eigenvalue weighted by atomic mass is 31.2. The summed E-state index contributed by atoms with van der Waals surface area (Å²) >= 11 is 0. The summed E-state index contributed by atoms with van der Waals surface area (Å²) in [4.78, 5) is 104. The molecule has 1 N–H and O–H groups in total. The molecule has 7 atom stereocenters. The van der Waals surface area contributed by atoms with Crippen LogP contribution in [0, 0.1) is 20.4 Å².